The molecule has 84 valence electrons. The van der Waals surface area contributed by atoms with E-state index in [2.05, 4.69) is 9.80 Å². The van der Waals surface area contributed by atoms with Crippen LogP contribution in [0.25, 0.3) is 0 Å². The number of nitrogens with one attached hydrogen (secondary N) is 1. The molecule has 1 N–H and O–H groups in total. The molecule has 0 radical (unpaired) electrons. The van der Waals surface area contributed by atoms with Crippen LogP contribution in [-0.2, 0) is 4.57 Å². The minimum absolute atomic E-state index is 0.585. The lowest BCUT2D eigenvalue weighted by atomic mass is 10.4. The third kappa shape index (κ3) is 2.23. The summed E-state index contributed by atoms with van der Waals surface area (Å²) in [4.78, 5) is 6.62. The maximum atomic E-state index is 12.8. The third-order valence-electron chi connectivity index (χ3n) is 2.38. The molecule has 2 aromatic carbocycles. The molecule has 0 bridgehead atoms. The van der Waals surface area contributed by atoms with Crippen molar-refractivity contribution in [3.05, 3.63) is 60.7 Å². The third-order valence-corrected chi connectivity index (χ3v) is 4.72. The average Bonchev–Trinajstić information content (AvgIpc) is 2.41. The zero-order chi connectivity index (χ0) is 12.1. The summed E-state index contributed by atoms with van der Waals surface area (Å²) in [6.45, 7) is 0. The highest BCUT2D eigenvalue weighted by molar-refractivity contribution is 7.77. The highest BCUT2D eigenvalue weighted by Gasteiger charge is 2.32. The molecule has 0 aliphatic rings. The number of rotatable bonds is 3. The van der Waals surface area contributed by atoms with Gasteiger partial charge >= 0.3 is 7.29 Å². The zero-order valence-corrected chi connectivity index (χ0v) is 9.92. The van der Waals surface area contributed by atoms with Crippen LogP contribution >= 0.6 is 7.29 Å². The molecule has 0 unspecified atom stereocenters. The van der Waals surface area contributed by atoms with E-state index in [1.54, 1.807) is 48.5 Å². The van der Waals surface area contributed by atoms with E-state index in [-0.39, 0.29) is 0 Å². The van der Waals surface area contributed by atoms with Crippen molar-refractivity contribution >= 4 is 17.9 Å². The molecule has 0 aliphatic heterocycles. The molecular weight excluding hydrogens is 233 g/mol. The van der Waals surface area contributed by atoms with Crippen LogP contribution in [0.5, 0.6) is 0 Å². The second kappa shape index (κ2) is 4.88. The molecule has 0 saturated carbocycles. The molecule has 0 aromatic heterocycles. The Balaban J connectivity index is 2.64. The molecule has 2 rings (SSSR count). The van der Waals surface area contributed by atoms with Crippen molar-refractivity contribution < 1.29 is 4.57 Å². The van der Waals surface area contributed by atoms with Crippen LogP contribution in [0.3, 0.4) is 0 Å². The Morgan fingerprint density at radius 3 is 1.65 bits per heavy atom. The van der Waals surface area contributed by atoms with Crippen molar-refractivity contribution in [1.29, 1.82) is 5.53 Å². The van der Waals surface area contributed by atoms with E-state index in [4.69, 9.17) is 5.53 Å². The number of benzene rings is 2. The summed E-state index contributed by atoms with van der Waals surface area (Å²) >= 11 is 0. The Morgan fingerprint density at radius 2 is 1.29 bits per heavy atom. The lowest BCUT2D eigenvalue weighted by Gasteiger charge is -2.07. The van der Waals surface area contributed by atoms with Crippen LogP contribution < -0.4 is 15.5 Å². The first-order valence-corrected chi connectivity index (χ1v) is 6.73. The molecule has 0 spiro atoms. The molecule has 2 aromatic rings. The molecule has 5 heteroatoms. The van der Waals surface area contributed by atoms with Gasteiger partial charge in [0.25, 0.3) is 0 Å². The maximum Gasteiger partial charge on any atom is 0.333 e. The summed E-state index contributed by atoms with van der Waals surface area (Å²) in [6.07, 6.45) is 0. The van der Waals surface area contributed by atoms with Gasteiger partial charge in [-0.15, -0.1) is 0 Å². The van der Waals surface area contributed by atoms with Crippen molar-refractivity contribution in [3.8, 4) is 0 Å². The first-order chi connectivity index (χ1) is 8.27. The van der Waals surface area contributed by atoms with E-state index in [0.29, 0.717) is 10.6 Å². The normalized spacial score (nSPS) is 10.6. The quantitative estimate of drug-likeness (QED) is 0.503. The fourth-order valence-corrected chi connectivity index (χ4v) is 3.36. The largest absolute Gasteiger partial charge is 0.333 e. The van der Waals surface area contributed by atoms with Crippen LogP contribution in [0, 0.1) is 5.53 Å². The molecule has 4 nitrogen and oxygen atoms in total. The van der Waals surface area contributed by atoms with Crippen molar-refractivity contribution in [2.75, 3.05) is 0 Å². The minimum atomic E-state index is -3.15. The van der Waals surface area contributed by atoms with Gasteiger partial charge in [-0.25, -0.2) is 0 Å². The van der Waals surface area contributed by atoms with Gasteiger partial charge in [0, 0.05) is 10.6 Å². The smallest absolute Gasteiger partial charge is 0.281 e. The lowest BCUT2D eigenvalue weighted by molar-refractivity contribution is 0.585. The van der Waals surface area contributed by atoms with Crippen LogP contribution in [0.1, 0.15) is 0 Å². The Bertz CT molecular complexity index is 548. The van der Waals surface area contributed by atoms with Gasteiger partial charge in [-0.3, -0.25) is 4.57 Å². The van der Waals surface area contributed by atoms with Crippen LogP contribution in [-0.4, -0.2) is 0 Å². The molecule has 17 heavy (non-hydrogen) atoms. The highest BCUT2D eigenvalue weighted by atomic mass is 31.2. The van der Waals surface area contributed by atoms with E-state index in [1.807, 2.05) is 12.1 Å². The standard InChI is InChI=1S/C12H11N3OP/c13-14-15-17(16,11-7-3-1-4-8-11)12-9-5-2-6-10-12/h1-10,13H/q+1. The molecule has 0 heterocycles. The second-order valence-corrected chi connectivity index (χ2v) is 5.80. The molecule has 0 fully saturated rings. The van der Waals surface area contributed by atoms with Gasteiger partial charge in [-0.1, -0.05) is 36.4 Å². The Labute approximate surface area is 99.0 Å². The van der Waals surface area contributed by atoms with Crippen molar-refractivity contribution in [2.45, 2.75) is 0 Å². The molecular formula is C12H11N3OP+. The van der Waals surface area contributed by atoms with E-state index >= 15 is 0 Å². The zero-order valence-electron chi connectivity index (χ0n) is 9.02. The highest BCUT2D eigenvalue weighted by Crippen LogP contribution is 2.43. The van der Waals surface area contributed by atoms with Crippen molar-refractivity contribution in [1.82, 2.24) is 4.91 Å². The van der Waals surface area contributed by atoms with Gasteiger partial charge < -0.3 is 0 Å². The van der Waals surface area contributed by atoms with E-state index in [9.17, 15) is 4.57 Å². The number of nitrogens with zero attached hydrogens (tertiary/aromatic N) is 2. The van der Waals surface area contributed by atoms with Crippen LogP contribution in [0.4, 0.5) is 0 Å². The van der Waals surface area contributed by atoms with Gasteiger partial charge in [-0.2, -0.15) is 0 Å². The van der Waals surface area contributed by atoms with E-state index < -0.39 is 7.29 Å². The number of hydrogen-bond acceptors (Lipinski definition) is 2. The average molecular weight is 244 g/mol. The fraction of sp³-hybridized carbons (Fsp3) is 0. The van der Waals surface area contributed by atoms with Gasteiger partial charge in [0.05, 0.1) is 0 Å². The number of hydrogen-bond donors (Lipinski definition) is 1. The fourth-order valence-electron chi connectivity index (χ4n) is 1.58. The summed E-state index contributed by atoms with van der Waals surface area (Å²) in [5, 5.41) is 1.17. The Morgan fingerprint density at radius 1 is 0.882 bits per heavy atom. The predicted molar refractivity (Wildman–Crippen MR) is 67.0 cm³/mol. The summed E-state index contributed by atoms with van der Waals surface area (Å²) in [7, 11) is -3.15. The minimum Gasteiger partial charge on any atom is -0.281 e. The van der Waals surface area contributed by atoms with Gasteiger partial charge in [0.2, 0.25) is 4.91 Å². The monoisotopic (exact) mass is 244 g/mol. The van der Waals surface area contributed by atoms with Crippen LogP contribution in [0.15, 0.2) is 65.5 Å². The summed E-state index contributed by atoms with van der Waals surface area (Å²) in [5.74, 6) is 0. The first kappa shape index (κ1) is 11.5. The maximum absolute atomic E-state index is 12.8. The van der Waals surface area contributed by atoms with Crippen molar-refractivity contribution in [3.63, 3.8) is 0 Å². The summed E-state index contributed by atoms with van der Waals surface area (Å²) in [5.41, 5.74) is 6.84. The second-order valence-electron chi connectivity index (χ2n) is 3.44. The predicted octanol–water partition coefficient (Wildman–Crippen LogP) is 2.47. The topological polar surface area (TPSA) is 67.4 Å². The van der Waals surface area contributed by atoms with Gasteiger partial charge in [0.1, 0.15) is 5.53 Å². The molecule has 0 amide bonds. The Hall–Kier alpha value is -2.02. The van der Waals surface area contributed by atoms with Crippen molar-refractivity contribution in [2.24, 2.45) is 4.88 Å². The van der Waals surface area contributed by atoms with E-state index in [1.165, 1.54) is 0 Å². The molecule has 0 aliphatic carbocycles. The summed E-state index contributed by atoms with van der Waals surface area (Å²) in [6, 6.07) is 17.8. The summed E-state index contributed by atoms with van der Waals surface area (Å²) < 4.78 is 12.8. The SMILES string of the molecule is N=[N+]=NP(=O)(c1ccccc1)c1ccccc1. The van der Waals surface area contributed by atoms with Gasteiger partial charge in [-0.05, 0) is 24.3 Å². The molecule has 0 atom stereocenters. The van der Waals surface area contributed by atoms with Crippen LogP contribution in [0.2, 0.25) is 0 Å². The van der Waals surface area contributed by atoms with E-state index in [0.717, 1.165) is 0 Å². The molecule has 0 saturated heterocycles. The lowest BCUT2D eigenvalue weighted by Crippen LogP contribution is -2.13. The van der Waals surface area contributed by atoms with Gasteiger partial charge in [0.15, 0.2) is 4.88 Å². The first-order valence-electron chi connectivity index (χ1n) is 5.07. The Kier molecular flexibility index (Phi) is 3.29.